The molecule has 2 amide bonds. The molecule has 1 aromatic rings. The molecular weight excluding hydrogens is 298 g/mol. The predicted molar refractivity (Wildman–Crippen MR) is 90.5 cm³/mol. The van der Waals surface area contributed by atoms with E-state index < -0.39 is 0 Å². The molecule has 0 radical (unpaired) electrons. The van der Waals surface area contributed by atoms with Crippen molar-refractivity contribution in [3.63, 3.8) is 0 Å². The molecule has 1 aromatic carbocycles. The van der Waals surface area contributed by atoms with Gasteiger partial charge in [-0.25, -0.2) is 0 Å². The summed E-state index contributed by atoms with van der Waals surface area (Å²) in [6.07, 6.45) is 0.505. The van der Waals surface area contributed by atoms with Gasteiger partial charge >= 0.3 is 0 Å². The summed E-state index contributed by atoms with van der Waals surface area (Å²) >= 11 is 1.64. The van der Waals surface area contributed by atoms with Crippen molar-refractivity contribution in [1.29, 1.82) is 0 Å². The van der Waals surface area contributed by atoms with Crippen LogP contribution < -0.4 is 10.6 Å². The van der Waals surface area contributed by atoms with Gasteiger partial charge in [0.15, 0.2) is 0 Å². The summed E-state index contributed by atoms with van der Waals surface area (Å²) < 4.78 is 0. The number of thioether (sulfide) groups is 1. The van der Waals surface area contributed by atoms with Crippen LogP contribution in [0, 0.1) is 0 Å². The van der Waals surface area contributed by atoms with Gasteiger partial charge in [-0.05, 0) is 31.3 Å². The Hall–Kier alpha value is -1.53. The van der Waals surface area contributed by atoms with Crippen molar-refractivity contribution in [2.24, 2.45) is 0 Å². The highest BCUT2D eigenvalue weighted by Crippen LogP contribution is 2.31. The van der Waals surface area contributed by atoms with Crippen LogP contribution in [0.3, 0.4) is 0 Å². The number of hydrogen-bond donors (Lipinski definition) is 2. The lowest BCUT2D eigenvalue weighted by atomic mass is 10.2. The van der Waals surface area contributed by atoms with E-state index in [0.29, 0.717) is 18.5 Å². The van der Waals surface area contributed by atoms with Gasteiger partial charge < -0.3 is 15.5 Å². The normalized spacial score (nSPS) is 14.2. The topological polar surface area (TPSA) is 61.4 Å². The Morgan fingerprint density at radius 2 is 2.14 bits per heavy atom. The maximum atomic E-state index is 12.2. The Morgan fingerprint density at radius 1 is 1.36 bits per heavy atom. The van der Waals surface area contributed by atoms with Crippen molar-refractivity contribution in [2.45, 2.75) is 25.2 Å². The molecule has 5 nitrogen and oxygen atoms in total. The van der Waals surface area contributed by atoms with Crippen LogP contribution >= 0.6 is 11.8 Å². The molecule has 1 aliphatic rings. The van der Waals surface area contributed by atoms with Crippen LogP contribution in [-0.4, -0.2) is 48.6 Å². The van der Waals surface area contributed by atoms with Gasteiger partial charge in [0.25, 0.3) is 5.91 Å². The lowest BCUT2D eigenvalue weighted by Gasteiger charge is -2.18. The molecule has 0 bridgehead atoms. The molecule has 2 N–H and O–H groups in total. The molecule has 0 aliphatic carbocycles. The van der Waals surface area contributed by atoms with Gasteiger partial charge in [0.2, 0.25) is 5.91 Å². The number of hydrogen-bond acceptors (Lipinski definition) is 4. The van der Waals surface area contributed by atoms with E-state index >= 15 is 0 Å². The Kier molecular flexibility index (Phi) is 6.27. The number of nitrogens with one attached hydrogen (secondary N) is 2. The molecule has 0 unspecified atom stereocenters. The first-order chi connectivity index (χ1) is 10.6. The van der Waals surface area contributed by atoms with Crippen molar-refractivity contribution in [3.8, 4) is 0 Å². The van der Waals surface area contributed by atoms with E-state index in [4.69, 9.17) is 0 Å². The summed E-state index contributed by atoms with van der Waals surface area (Å²) in [5, 5.41) is 5.79. The van der Waals surface area contributed by atoms with Crippen molar-refractivity contribution in [2.75, 3.05) is 37.2 Å². The van der Waals surface area contributed by atoms with E-state index in [1.807, 2.05) is 12.1 Å². The number of anilines is 1. The minimum atomic E-state index is -0.0987. The highest BCUT2D eigenvalue weighted by atomic mass is 32.2. The molecule has 0 saturated heterocycles. The highest BCUT2D eigenvalue weighted by Gasteiger charge is 2.15. The zero-order chi connectivity index (χ0) is 15.9. The van der Waals surface area contributed by atoms with Gasteiger partial charge in [0, 0.05) is 35.7 Å². The molecule has 0 saturated carbocycles. The predicted octanol–water partition coefficient (Wildman–Crippen LogP) is 2.19. The first-order valence-electron chi connectivity index (χ1n) is 7.71. The number of likely N-dealkylation sites (N-methyl/N-ethyl adjacent to an activating group) is 1. The SMILES string of the molecule is CCN(CC)CCNC(=O)c1ccc2c(c1)NC(=O)CCS2. The number of carbonyl (C=O) groups is 2. The summed E-state index contributed by atoms with van der Waals surface area (Å²) in [6, 6.07) is 5.49. The monoisotopic (exact) mass is 321 g/mol. The molecule has 22 heavy (non-hydrogen) atoms. The maximum Gasteiger partial charge on any atom is 0.251 e. The van der Waals surface area contributed by atoms with Gasteiger partial charge in [0.1, 0.15) is 0 Å². The van der Waals surface area contributed by atoms with Crippen LogP contribution in [0.1, 0.15) is 30.6 Å². The molecule has 1 heterocycles. The third-order valence-corrected chi connectivity index (χ3v) is 4.79. The second kappa shape index (κ2) is 8.19. The van der Waals surface area contributed by atoms with E-state index in [9.17, 15) is 9.59 Å². The van der Waals surface area contributed by atoms with Gasteiger partial charge in [-0.1, -0.05) is 13.8 Å². The zero-order valence-corrected chi connectivity index (χ0v) is 14.0. The third kappa shape index (κ3) is 4.48. The van der Waals surface area contributed by atoms with Crippen LogP contribution in [0.5, 0.6) is 0 Å². The molecular formula is C16H23N3O2S. The second-order valence-corrected chi connectivity index (χ2v) is 6.28. The first-order valence-corrected chi connectivity index (χ1v) is 8.69. The van der Waals surface area contributed by atoms with Gasteiger partial charge in [0.05, 0.1) is 5.69 Å². The molecule has 120 valence electrons. The minimum absolute atomic E-state index is 0.00495. The number of fused-ring (bicyclic) bond motifs is 1. The quantitative estimate of drug-likeness (QED) is 0.843. The fraction of sp³-hybridized carbons (Fsp3) is 0.500. The average molecular weight is 321 g/mol. The standard InChI is InChI=1S/C16H23N3O2S/c1-3-19(4-2)9-8-17-16(21)12-5-6-14-13(11-12)18-15(20)7-10-22-14/h5-6,11H,3-4,7-10H2,1-2H3,(H,17,21)(H,18,20). The number of carbonyl (C=O) groups excluding carboxylic acids is 2. The molecule has 6 heteroatoms. The molecule has 0 aromatic heterocycles. The number of amides is 2. The van der Waals surface area contributed by atoms with Crippen LogP contribution in [0.4, 0.5) is 5.69 Å². The summed E-state index contributed by atoms with van der Waals surface area (Å²) in [5.41, 5.74) is 1.32. The van der Waals surface area contributed by atoms with Gasteiger partial charge in [-0.2, -0.15) is 0 Å². The second-order valence-electron chi connectivity index (χ2n) is 5.14. The fourth-order valence-corrected chi connectivity index (χ4v) is 3.27. The van der Waals surface area contributed by atoms with E-state index in [1.54, 1.807) is 17.8 Å². The summed E-state index contributed by atoms with van der Waals surface area (Å²) in [5.74, 6) is 0.678. The van der Waals surface area contributed by atoms with Crippen LogP contribution in [0.25, 0.3) is 0 Å². The molecule has 1 aliphatic heterocycles. The van der Waals surface area contributed by atoms with Crippen molar-refractivity contribution >= 4 is 29.3 Å². The molecule has 2 rings (SSSR count). The van der Waals surface area contributed by atoms with Gasteiger partial charge in [-0.15, -0.1) is 11.8 Å². The zero-order valence-electron chi connectivity index (χ0n) is 13.1. The molecule has 0 fully saturated rings. The maximum absolute atomic E-state index is 12.2. The van der Waals surface area contributed by atoms with Crippen LogP contribution in [-0.2, 0) is 4.79 Å². The minimum Gasteiger partial charge on any atom is -0.351 e. The molecule has 0 atom stereocenters. The highest BCUT2D eigenvalue weighted by molar-refractivity contribution is 7.99. The summed E-state index contributed by atoms with van der Waals surface area (Å²) in [4.78, 5) is 27.1. The summed E-state index contributed by atoms with van der Waals surface area (Å²) in [6.45, 7) is 7.65. The largest absolute Gasteiger partial charge is 0.351 e. The van der Waals surface area contributed by atoms with E-state index in [-0.39, 0.29) is 11.8 Å². The van der Waals surface area contributed by atoms with Crippen molar-refractivity contribution in [3.05, 3.63) is 23.8 Å². The lowest BCUT2D eigenvalue weighted by molar-refractivity contribution is -0.115. The van der Waals surface area contributed by atoms with E-state index in [2.05, 4.69) is 29.4 Å². The smallest absolute Gasteiger partial charge is 0.251 e. The van der Waals surface area contributed by atoms with Crippen molar-refractivity contribution < 1.29 is 9.59 Å². The Balaban J connectivity index is 1.97. The van der Waals surface area contributed by atoms with Crippen LogP contribution in [0.2, 0.25) is 0 Å². The van der Waals surface area contributed by atoms with Crippen molar-refractivity contribution in [1.82, 2.24) is 10.2 Å². The summed E-state index contributed by atoms with van der Waals surface area (Å²) in [7, 11) is 0. The lowest BCUT2D eigenvalue weighted by Crippen LogP contribution is -2.34. The third-order valence-electron chi connectivity index (χ3n) is 3.71. The number of benzene rings is 1. The fourth-order valence-electron chi connectivity index (χ4n) is 2.33. The Bertz CT molecular complexity index is 544. The first kappa shape index (κ1) is 16.8. The average Bonchev–Trinajstić information content (AvgIpc) is 2.71. The Labute approximate surface area is 135 Å². The van der Waals surface area contributed by atoms with Crippen LogP contribution in [0.15, 0.2) is 23.1 Å². The number of nitrogens with zero attached hydrogens (tertiary/aromatic N) is 1. The van der Waals surface area contributed by atoms with Gasteiger partial charge in [-0.3, -0.25) is 9.59 Å². The molecule has 0 spiro atoms. The van der Waals surface area contributed by atoms with E-state index in [0.717, 1.165) is 36.0 Å². The Morgan fingerprint density at radius 3 is 2.86 bits per heavy atom. The number of rotatable bonds is 6. The van der Waals surface area contributed by atoms with E-state index in [1.165, 1.54) is 0 Å².